The van der Waals surface area contributed by atoms with Gasteiger partial charge in [0.2, 0.25) is 0 Å². The Morgan fingerprint density at radius 3 is 2.89 bits per heavy atom. The molecule has 3 heteroatoms. The summed E-state index contributed by atoms with van der Waals surface area (Å²) in [7, 11) is 0. The molecule has 0 saturated heterocycles. The molecule has 1 heterocycles. The third-order valence-electron chi connectivity index (χ3n) is 4.05. The highest BCUT2D eigenvalue weighted by atomic mass is 16.4. The molecule has 0 atom stereocenters. The monoisotopic (exact) mass is 264 g/mol. The molecule has 0 amide bonds. The molecule has 1 aliphatic rings. The summed E-state index contributed by atoms with van der Waals surface area (Å²) in [6.45, 7) is 4.36. The molecule has 1 N–H and O–H groups in total. The van der Waals surface area contributed by atoms with Crippen LogP contribution in [-0.4, -0.2) is 18.1 Å². The molecular formula is C16H28N2O. The highest BCUT2D eigenvalue weighted by Gasteiger charge is 2.15. The molecule has 0 aliphatic heterocycles. The van der Waals surface area contributed by atoms with Crippen molar-refractivity contribution in [3.05, 3.63) is 17.8 Å². The van der Waals surface area contributed by atoms with E-state index in [1.165, 1.54) is 38.5 Å². The predicted octanol–water partition coefficient (Wildman–Crippen LogP) is 3.73. The van der Waals surface area contributed by atoms with Gasteiger partial charge in [0.25, 0.3) is 0 Å². The molecule has 1 aliphatic carbocycles. The molecular weight excluding hydrogens is 236 g/mol. The van der Waals surface area contributed by atoms with Crippen LogP contribution in [-0.2, 0) is 12.8 Å². The molecule has 1 aromatic rings. The van der Waals surface area contributed by atoms with Gasteiger partial charge in [0.1, 0.15) is 5.76 Å². The van der Waals surface area contributed by atoms with E-state index in [-0.39, 0.29) is 0 Å². The molecule has 1 fully saturated rings. The fraction of sp³-hybridized carbons (Fsp3) is 0.812. The number of nitrogens with one attached hydrogen (secondary N) is 1. The van der Waals surface area contributed by atoms with Crippen LogP contribution in [0.2, 0.25) is 0 Å². The Labute approximate surface area is 117 Å². The third kappa shape index (κ3) is 5.35. The standard InChI is InChI=1S/C16H28N2O/c1-2-11-17-12-5-8-16-18-13-15(19-16)10-9-14-6-3-4-7-14/h13-14,17H,2-12H2,1H3. The quantitative estimate of drug-likeness (QED) is 0.691. The molecule has 0 radical (unpaired) electrons. The zero-order chi connectivity index (χ0) is 13.3. The van der Waals surface area contributed by atoms with Crippen molar-refractivity contribution >= 4 is 0 Å². The number of hydrogen-bond acceptors (Lipinski definition) is 3. The van der Waals surface area contributed by atoms with Crippen LogP contribution in [0.4, 0.5) is 0 Å². The largest absolute Gasteiger partial charge is 0.446 e. The summed E-state index contributed by atoms with van der Waals surface area (Å²) in [6.07, 6.45) is 13.3. The van der Waals surface area contributed by atoms with Crippen molar-refractivity contribution in [2.45, 2.75) is 64.7 Å². The van der Waals surface area contributed by atoms with Gasteiger partial charge in [-0.05, 0) is 38.3 Å². The van der Waals surface area contributed by atoms with Crippen molar-refractivity contribution in [1.29, 1.82) is 0 Å². The van der Waals surface area contributed by atoms with E-state index in [2.05, 4.69) is 17.2 Å². The van der Waals surface area contributed by atoms with E-state index >= 15 is 0 Å². The summed E-state index contributed by atoms with van der Waals surface area (Å²) >= 11 is 0. The van der Waals surface area contributed by atoms with Crippen LogP contribution in [0.15, 0.2) is 10.6 Å². The van der Waals surface area contributed by atoms with Crippen LogP contribution in [0.25, 0.3) is 0 Å². The summed E-state index contributed by atoms with van der Waals surface area (Å²) < 4.78 is 5.81. The lowest BCUT2D eigenvalue weighted by atomic mass is 10.0. The number of rotatable bonds is 9. The Kier molecular flexibility index (Phi) is 6.42. The number of hydrogen-bond donors (Lipinski definition) is 1. The van der Waals surface area contributed by atoms with Crippen LogP contribution < -0.4 is 5.32 Å². The van der Waals surface area contributed by atoms with Gasteiger partial charge >= 0.3 is 0 Å². The van der Waals surface area contributed by atoms with Crippen molar-refractivity contribution in [3.63, 3.8) is 0 Å². The van der Waals surface area contributed by atoms with E-state index < -0.39 is 0 Å². The predicted molar refractivity (Wildman–Crippen MR) is 78.3 cm³/mol. The Morgan fingerprint density at radius 2 is 2.11 bits per heavy atom. The molecule has 0 unspecified atom stereocenters. The number of nitrogens with zero attached hydrogens (tertiary/aromatic N) is 1. The van der Waals surface area contributed by atoms with Crippen molar-refractivity contribution in [2.24, 2.45) is 5.92 Å². The first-order valence-corrected chi connectivity index (χ1v) is 8.02. The Morgan fingerprint density at radius 1 is 1.26 bits per heavy atom. The molecule has 108 valence electrons. The lowest BCUT2D eigenvalue weighted by Gasteiger charge is -2.05. The van der Waals surface area contributed by atoms with Gasteiger partial charge in [-0.3, -0.25) is 0 Å². The second-order valence-corrected chi connectivity index (χ2v) is 5.76. The fourth-order valence-electron chi connectivity index (χ4n) is 2.89. The van der Waals surface area contributed by atoms with Crippen LogP contribution >= 0.6 is 0 Å². The van der Waals surface area contributed by atoms with Gasteiger partial charge in [-0.25, -0.2) is 4.98 Å². The molecule has 0 aromatic carbocycles. The molecule has 1 saturated carbocycles. The molecule has 1 aromatic heterocycles. The van der Waals surface area contributed by atoms with Gasteiger partial charge in [-0.15, -0.1) is 0 Å². The highest BCUT2D eigenvalue weighted by molar-refractivity contribution is 4.95. The SMILES string of the molecule is CCCNCCCc1ncc(CCC2CCCC2)o1. The minimum atomic E-state index is 0.916. The molecule has 0 spiro atoms. The Bertz CT molecular complexity index is 342. The summed E-state index contributed by atoms with van der Waals surface area (Å²) in [6, 6.07) is 0. The third-order valence-corrected chi connectivity index (χ3v) is 4.05. The topological polar surface area (TPSA) is 38.1 Å². The van der Waals surface area contributed by atoms with Crippen LogP contribution in [0.1, 0.15) is 63.5 Å². The minimum Gasteiger partial charge on any atom is -0.446 e. The summed E-state index contributed by atoms with van der Waals surface area (Å²) in [5, 5.41) is 3.40. The first-order chi connectivity index (χ1) is 9.38. The van der Waals surface area contributed by atoms with Crippen LogP contribution in [0, 0.1) is 5.92 Å². The van der Waals surface area contributed by atoms with Crippen molar-refractivity contribution < 1.29 is 4.42 Å². The first kappa shape index (κ1) is 14.6. The van der Waals surface area contributed by atoms with E-state index in [0.717, 1.165) is 49.9 Å². The normalized spacial score (nSPS) is 16.3. The Hall–Kier alpha value is -0.830. The van der Waals surface area contributed by atoms with E-state index in [9.17, 15) is 0 Å². The molecule has 3 nitrogen and oxygen atoms in total. The zero-order valence-electron chi connectivity index (χ0n) is 12.3. The van der Waals surface area contributed by atoms with Gasteiger partial charge in [0.15, 0.2) is 5.89 Å². The Balaban J connectivity index is 1.61. The van der Waals surface area contributed by atoms with E-state index in [1.807, 2.05) is 6.20 Å². The van der Waals surface area contributed by atoms with E-state index in [4.69, 9.17) is 4.42 Å². The van der Waals surface area contributed by atoms with Crippen LogP contribution in [0.5, 0.6) is 0 Å². The second-order valence-electron chi connectivity index (χ2n) is 5.76. The zero-order valence-corrected chi connectivity index (χ0v) is 12.3. The maximum absolute atomic E-state index is 5.81. The maximum Gasteiger partial charge on any atom is 0.194 e. The summed E-state index contributed by atoms with van der Waals surface area (Å²) in [5.41, 5.74) is 0. The lowest BCUT2D eigenvalue weighted by Crippen LogP contribution is -2.16. The smallest absolute Gasteiger partial charge is 0.194 e. The molecule has 0 bridgehead atoms. The van der Waals surface area contributed by atoms with E-state index in [1.54, 1.807) is 0 Å². The minimum absolute atomic E-state index is 0.916. The highest BCUT2D eigenvalue weighted by Crippen LogP contribution is 2.28. The van der Waals surface area contributed by atoms with E-state index in [0.29, 0.717) is 0 Å². The molecule has 19 heavy (non-hydrogen) atoms. The van der Waals surface area contributed by atoms with Gasteiger partial charge in [0.05, 0.1) is 6.20 Å². The van der Waals surface area contributed by atoms with Gasteiger partial charge in [0, 0.05) is 12.8 Å². The summed E-state index contributed by atoms with van der Waals surface area (Å²) in [4.78, 5) is 4.38. The number of aryl methyl sites for hydroxylation is 2. The average molecular weight is 264 g/mol. The van der Waals surface area contributed by atoms with Crippen molar-refractivity contribution in [1.82, 2.24) is 10.3 Å². The number of aromatic nitrogens is 1. The van der Waals surface area contributed by atoms with Gasteiger partial charge in [-0.1, -0.05) is 32.6 Å². The lowest BCUT2D eigenvalue weighted by molar-refractivity contribution is 0.418. The van der Waals surface area contributed by atoms with Crippen molar-refractivity contribution in [3.8, 4) is 0 Å². The fourth-order valence-corrected chi connectivity index (χ4v) is 2.89. The van der Waals surface area contributed by atoms with Gasteiger partial charge < -0.3 is 9.73 Å². The van der Waals surface area contributed by atoms with Crippen molar-refractivity contribution in [2.75, 3.05) is 13.1 Å². The first-order valence-electron chi connectivity index (χ1n) is 8.02. The maximum atomic E-state index is 5.81. The average Bonchev–Trinajstić information content (AvgIpc) is 3.07. The molecule has 2 rings (SSSR count). The van der Waals surface area contributed by atoms with Crippen LogP contribution in [0.3, 0.4) is 0 Å². The van der Waals surface area contributed by atoms with Gasteiger partial charge in [-0.2, -0.15) is 0 Å². The second kappa shape index (κ2) is 8.36. The number of oxazole rings is 1. The summed E-state index contributed by atoms with van der Waals surface area (Å²) in [5.74, 6) is 2.94.